The fourth-order valence-corrected chi connectivity index (χ4v) is 4.41. The Labute approximate surface area is 140 Å². The number of aliphatic hydroxyl groups is 1. The predicted octanol–water partition coefficient (Wildman–Crippen LogP) is 1.01. The Morgan fingerprint density at radius 2 is 2.25 bits per heavy atom. The Balaban J connectivity index is 1.50. The third-order valence-electron chi connectivity index (χ3n) is 5.74. The van der Waals surface area contributed by atoms with E-state index in [1.54, 1.807) is 6.33 Å². The van der Waals surface area contributed by atoms with E-state index in [1.165, 1.54) is 0 Å². The number of likely N-dealkylation sites (tertiary alicyclic amines) is 1. The number of aliphatic hydroxyl groups excluding tert-OH is 1. The highest BCUT2D eigenvalue weighted by Crippen LogP contribution is 2.41. The van der Waals surface area contributed by atoms with Crippen LogP contribution in [0.5, 0.6) is 0 Å². The van der Waals surface area contributed by atoms with Gasteiger partial charge in [0, 0.05) is 32.4 Å². The Kier molecular flexibility index (Phi) is 3.88. The average Bonchev–Trinajstić information content (AvgIpc) is 3.25. The molecule has 3 atom stereocenters. The van der Waals surface area contributed by atoms with Gasteiger partial charge in [0.25, 0.3) is 0 Å². The second-order valence-electron chi connectivity index (χ2n) is 6.98. The number of anilines is 1. The highest BCUT2D eigenvalue weighted by molar-refractivity contribution is 5.87. The van der Waals surface area contributed by atoms with Gasteiger partial charge in [-0.15, -0.1) is 0 Å². The molecule has 2 aromatic heterocycles. The maximum Gasteiger partial charge on any atom is 0.248 e. The van der Waals surface area contributed by atoms with Crippen LogP contribution in [0.3, 0.4) is 0 Å². The zero-order chi connectivity index (χ0) is 16.7. The fraction of sp³-hybridized carbons (Fsp3) is 0.588. The van der Waals surface area contributed by atoms with Crippen molar-refractivity contribution in [3.8, 4) is 0 Å². The molecule has 1 saturated heterocycles. The molecule has 1 amide bonds. The van der Waals surface area contributed by atoms with Crippen molar-refractivity contribution in [2.24, 2.45) is 11.8 Å². The van der Waals surface area contributed by atoms with Gasteiger partial charge in [-0.2, -0.15) is 0 Å². The number of nitrogens with zero attached hydrogens (tertiary/aromatic N) is 4. The number of aromatic nitrogens is 3. The Hall–Kier alpha value is -2.15. The van der Waals surface area contributed by atoms with Crippen molar-refractivity contribution in [1.29, 1.82) is 0 Å². The van der Waals surface area contributed by atoms with E-state index in [0.29, 0.717) is 17.9 Å². The predicted molar refractivity (Wildman–Crippen MR) is 90.6 cm³/mol. The van der Waals surface area contributed by atoms with E-state index >= 15 is 0 Å². The lowest BCUT2D eigenvalue weighted by Crippen LogP contribution is -2.43. The molecule has 0 radical (unpaired) electrons. The van der Waals surface area contributed by atoms with Crippen molar-refractivity contribution in [3.05, 3.63) is 18.6 Å². The summed E-state index contributed by atoms with van der Waals surface area (Å²) in [6.45, 7) is 1.16. The molecule has 7 nitrogen and oxygen atoms in total. The van der Waals surface area contributed by atoms with Gasteiger partial charge in [0.1, 0.15) is 24.4 Å². The van der Waals surface area contributed by atoms with Gasteiger partial charge in [0.2, 0.25) is 5.91 Å². The number of carbonyl (C=O) groups is 1. The quantitative estimate of drug-likeness (QED) is 0.878. The molecule has 1 aliphatic heterocycles. The normalized spacial score (nSPS) is 26.6. The maximum atomic E-state index is 11.8. The lowest BCUT2D eigenvalue weighted by atomic mass is 9.89. The molecule has 2 N–H and O–H groups in total. The van der Waals surface area contributed by atoms with Gasteiger partial charge < -0.3 is 19.9 Å². The molecule has 0 spiro atoms. The number of hydrogen-bond acceptors (Lipinski definition) is 5. The maximum absolute atomic E-state index is 11.8. The van der Waals surface area contributed by atoms with Gasteiger partial charge in [-0.3, -0.25) is 4.79 Å². The molecular formula is C17H23N5O2. The molecule has 2 unspecified atom stereocenters. The van der Waals surface area contributed by atoms with E-state index < -0.39 is 0 Å². The molecule has 0 bridgehead atoms. The van der Waals surface area contributed by atoms with Crippen LogP contribution in [0.2, 0.25) is 0 Å². The summed E-state index contributed by atoms with van der Waals surface area (Å²) in [6, 6.07) is 2.45. The highest BCUT2D eigenvalue weighted by Gasteiger charge is 2.40. The van der Waals surface area contributed by atoms with Gasteiger partial charge in [0.05, 0.1) is 5.39 Å². The summed E-state index contributed by atoms with van der Waals surface area (Å²) in [5, 5.41) is 10.1. The Morgan fingerprint density at radius 3 is 3.08 bits per heavy atom. The second-order valence-corrected chi connectivity index (χ2v) is 6.98. The summed E-state index contributed by atoms with van der Waals surface area (Å²) < 4.78 is 0. The van der Waals surface area contributed by atoms with E-state index in [-0.39, 0.29) is 12.5 Å². The van der Waals surface area contributed by atoms with Crippen molar-refractivity contribution >= 4 is 22.8 Å². The van der Waals surface area contributed by atoms with Crippen molar-refractivity contribution in [2.45, 2.75) is 25.3 Å². The average molecular weight is 329 g/mol. The second kappa shape index (κ2) is 6.05. The zero-order valence-electron chi connectivity index (χ0n) is 13.9. The van der Waals surface area contributed by atoms with Gasteiger partial charge in [-0.05, 0) is 37.2 Å². The molecule has 2 fully saturated rings. The van der Waals surface area contributed by atoms with Crippen LogP contribution in [-0.4, -0.2) is 63.7 Å². The van der Waals surface area contributed by atoms with Crippen LogP contribution in [0, 0.1) is 11.8 Å². The van der Waals surface area contributed by atoms with Crippen LogP contribution in [0.4, 0.5) is 5.82 Å². The SMILES string of the molecule is CN(c1ncnc2[nH]ccc12)C1CC2CCN(C(=O)CO)C[C@@H]2C1. The van der Waals surface area contributed by atoms with E-state index in [0.717, 1.165) is 49.2 Å². The minimum absolute atomic E-state index is 0.143. The fourth-order valence-electron chi connectivity index (χ4n) is 4.41. The molecule has 7 heteroatoms. The minimum atomic E-state index is -0.382. The number of hydrogen-bond donors (Lipinski definition) is 2. The first kappa shape index (κ1) is 15.4. The molecule has 4 rings (SSSR count). The van der Waals surface area contributed by atoms with E-state index in [1.807, 2.05) is 17.2 Å². The van der Waals surface area contributed by atoms with Crippen LogP contribution < -0.4 is 4.90 Å². The molecule has 3 heterocycles. The largest absolute Gasteiger partial charge is 0.387 e. The lowest BCUT2D eigenvalue weighted by Gasteiger charge is -2.34. The van der Waals surface area contributed by atoms with Gasteiger partial charge in [-0.25, -0.2) is 9.97 Å². The molecule has 128 valence electrons. The van der Waals surface area contributed by atoms with Crippen molar-refractivity contribution in [3.63, 3.8) is 0 Å². The molecule has 2 aromatic rings. The van der Waals surface area contributed by atoms with Gasteiger partial charge in [0.15, 0.2) is 0 Å². The molecule has 24 heavy (non-hydrogen) atoms. The number of amides is 1. The van der Waals surface area contributed by atoms with Crippen molar-refractivity contribution < 1.29 is 9.90 Å². The molecular weight excluding hydrogens is 306 g/mol. The van der Waals surface area contributed by atoms with E-state index in [2.05, 4.69) is 26.9 Å². The Morgan fingerprint density at radius 1 is 1.42 bits per heavy atom. The first-order valence-corrected chi connectivity index (χ1v) is 8.57. The van der Waals surface area contributed by atoms with E-state index in [4.69, 9.17) is 5.11 Å². The molecule has 0 aromatic carbocycles. The number of piperidine rings is 1. The third-order valence-corrected chi connectivity index (χ3v) is 5.74. The van der Waals surface area contributed by atoms with Crippen LogP contribution in [-0.2, 0) is 4.79 Å². The summed E-state index contributed by atoms with van der Waals surface area (Å²) in [6.07, 6.45) is 6.73. The Bertz CT molecular complexity index is 745. The van der Waals surface area contributed by atoms with Crippen LogP contribution >= 0.6 is 0 Å². The van der Waals surface area contributed by atoms with E-state index in [9.17, 15) is 4.79 Å². The highest BCUT2D eigenvalue weighted by atomic mass is 16.3. The van der Waals surface area contributed by atoms with Gasteiger partial charge >= 0.3 is 0 Å². The number of nitrogens with one attached hydrogen (secondary N) is 1. The molecule has 1 aliphatic carbocycles. The number of rotatable bonds is 3. The number of carbonyl (C=O) groups excluding carboxylic acids is 1. The zero-order valence-corrected chi connectivity index (χ0v) is 13.9. The standard InChI is InChI=1S/C17H23N5O2/c1-21(17-14-2-4-18-16(14)19-10-20-17)13-6-11-3-5-22(15(24)9-23)8-12(11)7-13/h2,4,10-13,23H,3,5-9H2,1H3,(H,18,19,20)/t11?,12-,13?/m0/s1. The topological polar surface area (TPSA) is 85.4 Å². The summed E-state index contributed by atoms with van der Waals surface area (Å²) in [5.41, 5.74) is 0.863. The smallest absolute Gasteiger partial charge is 0.248 e. The summed E-state index contributed by atoms with van der Waals surface area (Å²) >= 11 is 0. The summed E-state index contributed by atoms with van der Waals surface area (Å²) in [7, 11) is 2.10. The van der Waals surface area contributed by atoms with Crippen molar-refractivity contribution in [1.82, 2.24) is 19.9 Å². The number of fused-ring (bicyclic) bond motifs is 2. The van der Waals surface area contributed by atoms with Crippen LogP contribution in [0.15, 0.2) is 18.6 Å². The number of aromatic amines is 1. The monoisotopic (exact) mass is 329 g/mol. The molecule has 2 aliphatic rings. The lowest BCUT2D eigenvalue weighted by molar-refractivity contribution is -0.136. The van der Waals surface area contributed by atoms with Crippen molar-refractivity contribution in [2.75, 3.05) is 31.6 Å². The number of H-pyrrole nitrogens is 1. The third kappa shape index (κ3) is 2.53. The first-order valence-electron chi connectivity index (χ1n) is 8.57. The van der Waals surface area contributed by atoms with Gasteiger partial charge in [-0.1, -0.05) is 0 Å². The minimum Gasteiger partial charge on any atom is -0.387 e. The molecule has 1 saturated carbocycles. The summed E-state index contributed by atoms with van der Waals surface area (Å²) in [5.74, 6) is 2.00. The van der Waals surface area contributed by atoms with Crippen LogP contribution in [0.1, 0.15) is 19.3 Å². The summed E-state index contributed by atoms with van der Waals surface area (Å²) in [4.78, 5) is 27.7. The first-order chi connectivity index (χ1) is 11.7. The van der Waals surface area contributed by atoms with Crippen LogP contribution in [0.25, 0.3) is 11.0 Å².